The molecule has 2 aromatic carbocycles. The third-order valence-electron chi connectivity index (χ3n) is 2.77. The van der Waals surface area contributed by atoms with Gasteiger partial charge in [0.2, 0.25) is 5.91 Å². The molecule has 20 heavy (non-hydrogen) atoms. The molecular weight excluding hydrogens is 297 g/mol. The predicted octanol–water partition coefficient (Wildman–Crippen LogP) is 4.27. The lowest BCUT2D eigenvalue weighted by atomic mass is 10.1. The number of methoxy groups -OCH3 is 1. The van der Waals surface area contributed by atoms with Gasteiger partial charge in [-0.05, 0) is 29.8 Å². The third-order valence-corrected chi connectivity index (χ3v) is 3.55. The zero-order valence-corrected chi connectivity index (χ0v) is 12.3. The lowest BCUT2D eigenvalue weighted by molar-refractivity contribution is -0.116. The van der Waals surface area contributed by atoms with Crippen LogP contribution in [0.25, 0.3) is 0 Å². The molecule has 3 nitrogen and oxygen atoms in total. The van der Waals surface area contributed by atoms with Crippen LogP contribution in [0.1, 0.15) is 10.9 Å². The van der Waals surface area contributed by atoms with Gasteiger partial charge in [-0.3, -0.25) is 4.79 Å². The van der Waals surface area contributed by atoms with Crippen LogP contribution in [0.5, 0.6) is 5.75 Å². The standard InChI is InChI=1S/C15H13Cl2NO2/c1-20-11-8-6-10(7-9-11)14(17)15(19)18-13-5-3-2-4-12(13)16/h2-9,14H,1H3,(H,18,19). The SMILES string of the molecule is COc1ccc(C(Cl)C(=O)Nc2ccccc2Cl)cc1. The van der Waals surface area contributed by atoms with Crippen molar-refractivity contribution < 1.29 is 9.53 Å². The number of ether oxygens (including phenoxy) is 1. The Morgan fingerprint density at radius 3 is 2.40 bits per heavy atom. The summed E-state index contributed by atoms with van der Waals surface area (Å²) in [4.78, 5) is 12.1. The predicted molar refractivity (Wildman–Crippen MR) is 81.7 cm³/mol. The Labute approximate surface area is 127 Å². The van der Waals surface area contributed by atoms with Gasteiger partial charge in [-0.25, -0.2) is 0 Å². The molecule has 0 aromatic heterocycles. The minimum absolute atomic E-state index is 0.329. The molecule has 2 rings (SSSR count). The van der Waals surface area contributed by atoms with Crippen LogP contribution in [0, 0.1) is 0 Å². The minimum atomic E-state index is -0.794. The van der Waals surface area contributed by atoms with Gasteiger partial charge in [-0.1, -0.05) is 35.9 Å². The van der Waals surface area contributed by atoms with E-state index in [1.54, 1.807) is 55.6 Å². The van der Waals surface area contributed by atoms with Crippen molar-refractivity contribution in [2.24, 2.45) is 0 Å². The highest BCUT2D eigenvalue weighted by Gasteiger charge is 2.18. The summed E-state index contributed by atoms with van der Waals surface area (Å²) in [6, 6.07) is 14.0. The molecule has 0 saturated heterocycles. The molecule has 0 aliphatic heterocycles. The molecule has 2 aromatic rings. The van der Waals surface area contributed by atoms with Crippen molar-refractivity contribution in [2.45, 2.75) is 5.38 Å². The normalized spacial score (nSPS) is 11.8. The second kappa shape index (κ2) is 6.64. The van der Waals surface area contributed by atoms with Crippen LogP contribution in [0.3, 0.4) is 0 Å². The van der Waals surface area contributed by atoms with Crippen molar-refractivity contribution in [1.29, 1.82) is 0 Å². The summed E-state index contributed by atoms with van der Waals surface area (Å²) in [5.41, 5.74) is 1.23. The van der Waals surface area contributed by atoms with E-state index in [-0.39, 0.29) is 5.91 Å². The smallest absolute Gasteiger partial charge is 0.247 e. The molecule has 1 atom stereocenters. The molecular formula is C15H13Cl2NO2. The lowest BCUT2D eigenvalue weighted by Gasteiger charge is -2.12. The molecule has 1 N–H and O–H groups in total. The average Bonchev–Trinajstić information content (AvgIpc) is 2.49. The monoisotopic (exact) mass is 309 g/mol. The van der Waals surface area contributed by atoms with Crippen LogP contribution >= 0.6 is 23.2 Å². The Hall–Kier alpha value is -1.71. The number of alkyl halides is 1. The van der Waals surface area contributed by atoms with Gasteiger partial charge in [0.15, 0.2) is 0 Å². The average molecular weight is 310 g/mol. The van der Waals surface area contributed by atoms with Crippen molar-refractivity contribution in [3.05, 3.63) is 59.1 Å². The summed E-state index contributed by atoms with van der Waals surface area (Å²) >= 11 is 12.1. The Morgan fingerprint density at radius 1 is 1.15 bits per heavy atom. The lowest BCUT2D eigenvalue weighted by Crippen LogP contribution is -2.17. The summed E-state index contributed by atoms with van der Waals surface area (Å²) in [5, 5.41) is 2.38. The molecule has 0 fully saturated rings. The largest absolute Gasteiger partial charge is 0.497 e. The second-order valence-electron chi connectivity index (χ2n) is 4.10. The quantitative estimate of drug-likeness (QED) is 0.857. The molecule has 0 saturated carbocycles. The van der Waals surface area contributed by atoms with E-state index in [0.717, 1.165) is 0 Å². The van der Waals surface area contributed by atoms with Crippen LogP contribution in [-0.4, -0.2) is 13.0 Å². The maximum absolute atomic E-state index is 12.1. The van der Waals surface area contributed by atoms with Gasteiger partial charge in [-0.15, -0.1) is 11.6 Å². The number of hydrogen-bond acceptors (Lipinski definition) is 2. The summed E-state index contributed by atoms with van der Waals surface area (Å²) in [6.07, 6.45) is 0. The molecule has 1 unspecified atom stereocenters. The number of para-hydroxylation sites is 1. The fourth-order valence-corrected chi connectivity index (χ4v) is 2.07. The van der Waals surface area contributed by atoms with Crippen LogP contribution < -0.4 is 10.1 Å². The zero-order valence-electron chi connectivity index (χ0n) is 10.8. The summed E-state index contributed by atoms with van der Waals surface area (Å²) in [6.45, 7) is 0. The van der Waals surface area contributed by atoms with Crippen molar-refractivity contribution in [3.8, 4) is 5.75 Å². The van der Waals surface area contributed by atoms with Crippen molar-refractivity contribution in [3.63, 3.8) is 0 Å². The Balaban J connectivity index is 2.10. The molecule has 0 aliphatic rings. The van der Waals surface area contributed by atoms with E-state index in [4.69, 9.17) is 27.9 Å². The molecule has 0 radical (unpaired) electrons. The van der Waals surface area contributed by atoms with E-state index < -0.39 is 5.38 Å². The fraction of sp³-hybridized carbons (Fsp3) is 0.133. The number of carbonyl (C=O) groups is 1. The summed E-state index contributed by atoms with van der Waals surface area (Å²) in [7, 11) is 1.58. The fourth-order valence-electron chi connectivity index (χ4n) is 1.68. The van der Waals surface area contributed by atoms with E-state index in [9.17, 15) is 4.79 Å². The number of halogens is 2. The van der Waals surface area contributed by atoms with E-state index in [2.05, 4.69) is 5.32 Å². The Kier molecular flexibility index (Phi) is 4.88. The Morgan fingerprint density at radius 2 is 1.80 bits per heavy atom. The van der Waals surface area contributed by atoms with Crippen LogP contribution in [0.15, 0.2) is 48.5 Å². The second-order valence-corrected chi connectivity index (χ2v) is 4.95. The number of hydrogen-bond donors (Lipinski definition) is 1. The molecule has 0 bridgehead atoms. The van der Waals surface area contributed by atoms with Gasteiger partial charge in [-0.2, -0.15) is 0 Å². The number of carbonyl (C=O) groups excluding carboxylic acids is 1. The molecule has 0 aliphatic carbocycles. The highest BCUT2D eigenvalue weighted by atomic mass is 35.5. The van der Waals surface area contributed by atoms with Gasteiger partial charge >= 0.3 is 0 Å². The van der Waals surface area contributed by atoms with E-state index >= 15 is 0 Å². The molecule has 0 heterocycles. The first-order chi connectivity index (χ1) is 9.61. The maximum Gasteiger partial charge on any atom is 0.247 e. The van der Waals surface area contributed by atoms with Crippen molar-refractivity contribution in [2.75, 3.05) is 12.4 Å². The topological polar surface area (TPSA) is 38.3 Å². The Bertz CT molecular complexity index is 599. The van der Waals surface area contributed by atoms with Crippen LogP contribution in [-0.2, 0) is 4.79 Å². The molecule has 5 heteroatoms. The minimum Gasteiger partial charge on any atom is -0.497 e. The first kappa shape index (κ1) is 14.7. The number of anilines is 1. The summed E-state index contributed by atoms with van der Waals surface area (Å²) in [5.74, 6) is 0.383. The van der Waals surface area contributed by atoms with Crippen molar-refractivity contribution >= 4 is 34.8 Å². The third kappa shape index (κ3) is 3.44. The summed E-state index contributed by atoms with van der Waals surface area (Å²) < 4.78 is 5.06. The van der Waals surface area contributed by atoms with Gasteiger partial charge < -0.3 is 10.1 Å². The molecule has 1 amide bonds. The van der Waals surface area contributed by atoms with Crippen LogP contribution in [0.2, 0.25) is 5.02 Å². The van der Waals surface area contributed by atoms with Gasteiger partial charge in [0.25, 0.3) is 0 Å². The molecule has 104 valence electrons. The first-order valence-electron chi connectivity index (χ1n) is 5.95. The number of benzene rings is 2. The first-order valence-corrected chi connectivity index (χ1v) is 6.76. The van der Waals surface area contributed by atoms with E-state index in [1.807, 2.05) is 0 Å². The van der Waals surface area contributed by atoms with Crippen LogP contribution in [0.4, 0.5) is 5.69 Å². The van der Waals surface area contributed by atoms with Crippen molar-refractivity contribution in [1.82, 2.24) is 0 Å². The number of amides is 1. The van der Waals surface area contributed by atoms with E-state index in [0.29, 0.717) is 22.0 Å². The highest BCUT2D eigenvalue weighted by Crippen LogP contribution is 2.26. The number of nitrogens with one attached hydrogen (secondary N) is 1. The molecule has 0 spiro atoms. The van der Waals surface area contributed by atoms with Gasteiger partial charge in [0.05, 0.1) is 17.8 Å². The zero-order chi connectivity index (χ0) is 14.5. The van der Waals surface area contributed by atoms with E-state index in [1.165, 1.54) is 0 Å². The highest BCUT2D eigenvalue weighted by molar-refractivity contribution is 6.35. The van der Waals surface area contributed by atoms with Gasteiger partial charge in [0.1, 0.15) is 11.1 Å². The number of rotatable bonds is 4. The maximum atomic E-state index is 12.1. The van der Waals surface area contributed by atoms with Gasteiger partial charge in [0, 0.05) is 0 Å².